The normalized spacial score (nSPS) is 19.9. The van der Waals surface area contributed by atoms with Gasteiger partial charge in [0, 0.05) is 57.8 Å². The van der Waals surface area contributed by atoms with Gasteiger partial charge in [0.15, 0.2) is 0 Å². The fourth-order valence-corrected chi connectivity index (χ4v) is 5.93. The average molecular weight is 535 g/mol. The van der Waals surface area contributed by atoms with E-state index in [0.29, 0.717) is 55.5 Å². The van der Waals surface area contributed by atoms with Crippen molar-refractivity contribution < 1.29 is 24.2 Å². The molecule has 0 radical (unpaired) electrons. The zero-order chi connectivity index (χ0) is 27.5. The molecule has 0 aromatic heterocycles. The molecule has 2 aromatic rings. The molecule has 0 saturated carbocycles. The summed E-state index contributed by atoms with van der Waals surface area (Å²) in [6, 6.07) is 11.5. The highest BCUT2D eigenvalue weighted by molar-refractivity contribution is 6.03. The Kier molecular flexibility index (Phi) is 8.18. The van der Waals surface area contributed by atoms with Gasteiger partial charge in [-0.25, -0.2) is 0 Å². The predicted molar refractivity (Wildman–Crippen MR) is 146 cm³/mol. The van der Waals surface area contributed by atoms with Crippen LogP contribution in [-0.2, 0) is 24.3 Å². The standard InChI is InChI=1S/C30H38N4O5/c1-3-39-28-14-24-23(18-34(30(24)38)17-20-8-10-33(11-9-20)19(2)35)12-25(28)29(37)32-16-27(36)26-13-21-6-4-5-7-22(21)15-31-26/h4-7,12,14,20,26-27,31,36H,3,8-11,13,15-18H2,1-2H3,(H,32,37)/t26-,27?/m0/s1. The van der Waals surface area contributed by atoms with Crippen LogP contribution in [-0.4, -0.2) is 77.6 Å². The van der Waals surface area contributed by atoms with E-state index >= 15 is 0 Å². The summed E-state index contributed by atoms with van der Waals surface area (Å²) in [4.78, 5) is 41.8. The van der Waals surface area contributed by atoms with Gasteiger partial charge < -0.3 is 30.3 Å². The van der Waals surface area contributed by atoms with Crippen molar-refractivity contribution in [3.63, 3.8) is 0 Å². The van der Waals surface area contributed by atoms with Crippen molar-refractivity contribution in [2.45, 2.75) is 58.3 Å². The summed E-state index contributed by atoms with van der Waals surface area (Å²) in [5, 5.41) is 17.1. The molecule has 3 aliphatic heterocycles. The van der Waals surface area contributed by atoms with Crippen molar-refractivity contribution in [2.24, 2.45) is 5.92 Å². The second kappa shape index (κ2) is 11.8. The molecule has 9 nitrogen and oxygen atoms in total. The quantitative estimate of drug-likeness (QED) is 0.479. The second-order valence-corrected chi connectivity index (χ2v) is 10.8. The number of hydrogen-bond donors (Lipinski definition) is 3. The fraction of sp³-hybridized carbons (Fsp3) is 0.500. The van der Waals surface area contributed by atoms with Crippen molar-refractivity contribution in [3.8, 4) is 5.75 Å². The third-order valence-electron chi connectivity index (χ3n) is 8.22. The molecule has 39 heavy (non-hydrogen) atoms. The molecule has 2 atom stereocenters. The summed E-state index contributed by atoms with van der Waals surface area (Å²) in [5.41, 5.74) is 4.19. The van der Waals surface area contributed by atoms with Gasteiger partial charge in [0.05, 0.1) is 18.3 Å². The van der Waals surface area contributed by atoms with Crippen molar-refractivity contribution in [1.29, 1.82) is 0 Å². The Morgan fingerprint density at radius 1 is 1.15 bits per heavy atom. The van der Waals surface area contributed by atoms with E-state index in [-0.39, 0.29) is 30.3 Å². The second-order valence-electron chi connectivity index (χ2n) is 10.8. The Morgan fingerprint density at radius 3 is 2.62 bits per heavy atom. The number of carbonyl (C=O) groups is 3. The van der Waals surface area contributed by atoms with Gasteiger partial charge in [-0.2, -0.15) is 0 Å². The van der Waals surface area contributed by atoms with Gasteiger partial charge >= 0.3 is 0 Å². The first-order valence-corrected chi connectivity index (χ1v) is 13.9. The first kappa shape index (κ1) is 27.1. The van der Waals surface area contributed by atoms with Crippen molar-refractivity contribution >= 4 is 17.7 Å². The zero-order valence-corrected chi connectivity index (χ0v) is 22.7. The van der Waals surface area contributed by atoms with Crippen molar-refractivity contribution in [1.82, 2.24) is 20.4 Å². The monoisotopic (exact) mass is 534 g/mol. The molecule has 0 spiro atoms. The molecule has 1 unspecified atom stereocenters. The van der Waals surface area contributed by atoms with Gasteiger partial charge in [-0.05, 0) is 60.9 Å². The molecule has 3 N–H and O–H groups in total. The van der Waals surface area contributed by atoms with Gasteiger partial charge in [-0.1, -0.05) is 24.3 Å². The van der Waals surface area contributed by atoms with Crippen molar-refractivity contribution in [2.75, 3.05) is 32.8 Å². The number of nitrogens with zero attached hydrogens (tertiary/aromatic N) is 2. The lowest BCUT2D eigenvalue weighted by atomic mass is 9.93. The Hall–Kier alpha value is -3.43. The number of rotatable bonds is 8. The van der Waals surface area contributed by atoms with Gasteiger partial charge in [0.2, 0.25) is 5.91 Å². The maximum absolute atomic E-state index is 13.2. The molecule has 2 aromatic carbocycles. The van der Waals surface area contributed by atoms with E-state index in [9.17, 15) is 19.5 Å². The highest BCUT2D eigenvalue weighted by atomic mass is 16.5. The number of hydrogen-bond acceptors (Lipinski definition) is 6. The summed E-state index contributed by atoms with van der Waals surface area (Å²) in [6.07, 6.45) is 1.70. The molecule has 3 aliphatic rings. The number of fused-ring (bicyclic) bond motifs is 2. The van der Waals surface area contributed by atoms with E-state index in [0.717, 1.165) is 31.5 Å². The van der Waals surface area contributed by atoms with E-state index in [1.54, 1.807) is 19.1 Å². The van der Waals surface area contributed by atoms with E-state index in [4.69, 9.17) is 4.74 Å². The molecule has 1 saturated heterocycles. The van der Waals surface area contributed by atoms with Crippen LogP contribution in [0.1, 0.15) is 64.1 Å². The summed E-state index contributed by atoms with van der Waals surface area (Å²) in [6.45, 7) is 7.11. The Bertz CT molecular complexity index is 1240. The van der Waals surface area contributed by atoms with E-state index in [2.05, 4.69) is 22.8 Å². The molecule has 208 valence electrons. The van der Waals surface area contributed by atoms with Gasteiger partial charge in [-0.15, -0.1) is 0 Å². The Labute approximate surface area is 229 Å². The minimum absolute atomic E-state index is 0.0500. The summed E-state index contributed by atoms with van der Waals surface area (Å²) >= 11 is 0. The Balaban J connectivity index is 1.22. The number of nitrogens with one attached hydrogen (secondary N) is 2. The van der Waals surface area contributed by atoms with Crippen LogP contribution in [0.25, 0.3) is 0 Å². The van der Waals surface area contributed by atoms with Crippen LogP contribution >= 0.6 is 0 Å². The van der Waals surface area contributed by atoms with E-state index < -0.39 is 6.10 Å². The number of aliphatic hydroxyl groups is 1. The number of piperidine rings is 1. The summed E-state index contributed by atoms with van der Waals surface area (Å²) in [7, 11) is 0. The fourth-order valence-electron chi connectivity index (χ4n) is 5.93. The smallest absolute Gasteiger partial charge is 0.255 e. The molecule has 3 amide bonds. The van der Waals surface area contributed by atoms with Crippen LogP contribution in [0, 0.1) is 5.92 Å². The number of amides is 3. The lowest BCUT2D eigenvalue weighted by molar-refractivity contribution is -0.130. The lowest BCUT2D eigenvalue weighted by Gasteiger charge is -2.33. The summed E-state index contributed by atoms with van der Waals surface area (Å²) < 4.78 is 5.77. The minimum atomic E-state index is -0.751. The minimum Gasteiger partial charge on any atom is -0.493 e. The third-order valence-corrected chi connectivity index (χ3v) is 8.22. The zero-order valence-electron chi connectivity index (χ0n) is 22.7. The van der Waals surface area contributed by atoms with Crippen LogP contribution < -0.4 is 15.4 Å². The molecule has 3 heterocycles. The highest BCUT2D eigenvalue weighted by Crippen LogP contribution is 2.32. The molecular weight excluding hydrogens is 496 g/mol. The first-order valence-electron chi connectivity index (χ1n) is 13.9. The number of aliphatic hydroxyl groups excluding tert-OH is 1. The predicted octanol–water partition coefficient (Wildman–Crippen LogP) is 2.10. The van der Waals surface area contributed by atoms with Crippen LogP contribution in [0.4, 0.5) is 0 Å². The number of benzene rings is 2. The molecule has 5 rings (SSSR count). The molecule has 0 aliphatic carbocycles. The summed E-state index contributed by atoms with van der Waals surface area (Å²) in [5.74, 6) is 0.429. The largest absolute Gasteiger partial charge is 0.493 e. The molecule has 9 heteroatoms. The van der Waals surface area contributed by atoms with E-state index in [1.807, 2.05) is 28.9 Å². The Morgan fingerprint density at radius 2 is 1.90 bits per heavy atom. The SMILES string of the molecule is CCOc1cc2c(cc1C(=O)NCC(O)[C@@H]1Cc3ccccc3CN1)CN(CC1CCN(C(C)=O)CC1)C2=O. The van der Waals surface area contributed by atoms with Gasteiger partial charge in [0.25, 0.3) is 11.8 Å². The lowest BCUT2D eigenvalue weighted by Crippen LogP contribution is -2.49. The first-order chi connectivity index (χ1) is 18.8. The number of ether oxygens (including phenoxy) is 1. The van der Waals surface area contributed by atoms with Gasteiger partial charge in [-0.3, -0.25) is 14.4 Å². The van der Waals surface area contributed by atoms with Crippen LogP contribution in [0.3, 0.4) is 0 Å². The van der Waals surface area contributed by atoms with Crippen LogP contribution in [0.15, 0.2) is 36.4 Å². The van der Waals surface area contributed by atoms with Crippen LogP contribution in [0.5, 0.6) is 5.75 Å². The highest BCUT2D eigenvalue weighted by Gasteiger charge is 2.33. The number of carbonyl (C=O) groups excluding carboxylic acids is 3. The third kappa shape index (κ3) is 5.94. The maximum Gasteiger partial charge on any atom is 0.255 e. The molecular formula is C30H38N4O5. The molecule has 0 bridgehead atoms. The number of likely N-dealkylation sites (tertiary alicyclic amines) is 1. The maximum atomic E-state index is 13.2. The molecule has 1 fully saturated rings. The average Bonchev–Trinajstić information content (AvgIpc) is 3.25. The van der Waals surface area contributed by atoms with Crippen molar-refractivity contribution in [3.05, 3.63) is 64.2 Å². The van der Waals surface area contributed by atoms with Crippen LogP contribution in [0.2, 0.25) is 0 Å². The van der Waals surface area contributed by atoms with Gasteiger partial charge in [0.1, 0.15) is 5.75 Å². The van der Waals surface area contributed by atoms with E-state index in [1.165, 1.54) is 11.1 Å². The topological polar surface area (TPSA) is 111 Å².